The second kappa shape index (κ2) is 16.2. The lowest BCUT2D eigenvalue weighted by Crippen LogP contribution is -2.38. The molecule has 0 rings (SSSR count). The summed E-state index contributed by atoms with van der Waals surface area (Å²) in [5.74, 6) is 0.756. The van der Waals surface area contributed by atoms with Crippen molar-refractivity contribution >= 4 is 24.5 Å². The normalized spacial score (nSPS) is 13.4. The first-order valence-corrected chi connectivity index (χ1v) is 10.0. The number of rotatable bonds is 11. The number of hydrogen-bond acceptors (Lipinski definition) is 7. The van der Waals surface area contributed by atoms with Crippen LogP contribution in [0.15, 0.2) is 0 Å². The average molecular weight is 410 g/mol. The van der Waals surface area contributed by atoms with E-state index < -0.39 is 18.4 Å². The zero-order valence-corrected chi connectivity index (χ0v) is 18.6. The highest BCUT2D eigenvalue weighted by Gasteiger charge is 2.27. The summed E-state index contributed by atoms with van der Waals surface area (Å²) in [5.41, 5.74) is -0.347. The summed E-state index contributed by atoms with van der Waals surface area (Å²) in [7, 11) is 0. The molecule has 7 nitrogen and oxygen atoms in total. The lowest BCUT2D eigenvalue weighted by Gasteiger charge is -2.30. The smallest absolute Gasteiger partial charge is 0.305 e. The minimum Gasteiger partial charge on any atom is -0.460 e. The van der Waals surface area contributed by atoms with Crippen LogP contribution in [-0.4, -0.2) is 60.0 Å². The predicted octanol–water partition coefficient (Wildman–Crippen LogP) is 2.15. The van der Waals surface area contributed by atoms with Crippen LogP contribution < -0.4 is 5.32 Å². The zero-order chi connectivity index (χ0) is 21.5. The first kappa shape index (κ1) is 28.4. The Bertz CT molecular complexity index is 395. The molecule has 0 radical (unpaired) electrons. The summed E-state index contributed by atoms with van der Waals surface area (Å²) >= 11 is 3.97. The molecule has 1 amide bonds. The summed E-state index contributed by atoms with van der Waals surface area (Å²) in [6.45, 7) is 12.0. The molecule has 0 aromatic carbocycles. The molecule has 0 aliphatic carbocycles. The summed E-state index contributed by atoms with van der Waals surface area (Å²) in [6.07, 6.45) is -1.17. The SMILES string of the molecule is CC(C)(C)C(CO)OC(O)COC(=O)CCCC(=O)NCCS.CC(C)C. The standard InChI is InChI=1S/C15H29NO6S.C4H10/c1-15(2,3)11(9-17)22-14(20)10-21-13(19)6-4-5-12(18)16-7-8-23;1-4(2)3/h11,14,17,20,23H,4-10H2,1-3H3,(H,16,18);4H,1-3H3. The van der Waals surface area contributed by atoms with Crippen molar-refractivity contribution in [2.75, 3.05) is 25.5 Å². The fourth-order valence-electron chi connectivity index (χ4n) is 1.66. The summed E-state index contributed by atoms with van der Waals surface area (Å²) in [6, 6.07) is 0. The van der Waals surface area contributed by atoms with Gasteiger partial charge in [-0.25, -0.2) is 0 Å². The topological polar surface area (TPSA) is 105 Å². The van der Waals surface area contributed by atoms with Gasteiger partial charge in [0.1, 0.15) is 6.61 Å². The van der Waals surface area contributed by atoms with Crippen molar-refractivity contribution in [1.82, 2.24) is 5.32 Å². The van der Waals surface area contributed by atoms with Crippen molar-refractivity contribution in [2.24, 2.45) is 11.3 Å². The average Bonchev–Trinajstić information content (AvgIpc) is 2.54. The van der Waals surface area contributed by atoms with E-state index in [9.17, 15) is 19.8 Å². The first-order valence-electron chi connectivity index (χ1n) is 9.41. The highest BCUT2D eigenvalue weighted by atomic mass is 32.1. The molecule has 0 aliphatic rings. The Labute approximate surface area is 169 Å². The minimum atomic E-state index is -1.30. The van der Waals surface area contributed by atoms with Gasteiger partial charge in [0.25, 0.3) is 0 Å². The maximum atomic E-state index is 11.5. The van der Waals surface area contributed by atoms with Crippen molar-refractivity contribution in [3.63, 3.8) is 0 Å². The van der Waals surface area contributed by atoms with E-state index in [1.165, 1.54) is 0 Å². The van der Waals surface area contributed by atoms with Gasteiger partial charge in [0.15, 0.2) is 6.29 Å². The van der Waals surface area contributed by atoms with E-state index in [0.29, 0.717) is 18.7 Å². The Morgan fingerprint density at radius 3 is 2.15 bits per heavy atom. The molecule has 0 saturated carbocycles. The fourth-order valence-corrected chi connectivity index (χ4v) is 1.78. The lowest BCUT2D eigenvalue weighted by atomic mass is 9.89. The maximum Gasteiger partial charge on any atom is 0.305 e. The van der Waals surface area contributed by atoms with Crippen LogP contribution in [0.2, 0.25) is 0 Å². The van der Waals surface area contributed by atoms with Gasteiger partial charge in [-0.05, 0) is 17.8 Å². The molecular formula is C19H39NO6S. The molecule has 0 fully saturated rings. The van der Waals surface area contributed by atoms with Crippen molar-refractivity contribution < 1.29 is 29.3 Å². The monoisotopic (exact) mass is 409 g/mol. The van der Waals surface area contributed by atoms with E-state index in [1.54, 1.807) is 0 Å². The molecule has 0 heterocycles. The molecule has 0 aliphatic heterocycles. The number of aliphatic hydroxyl groups excluding tert-OH is 2. The molecule has 0 aromatic rings. The van der Waals surface area contributed by atoms with Gasteiger partial charge < -0.3 is 25.0 Å². The quantitative estimate of drug-likeness (QED) is 0.237. The van der Waals surface area contributed by atoms with Crippen LogP contribution in [0.25, 0.3) is 0 Å². The second-order valence-electron chi connectivity index (χ2n) is 7.97. The third-order valence-electron chi connectivity index (χ3n) is 3.06. The van der Waals surface area contributed by atoms with Gasteiger partial charge >= 0.3 is 5.97 Å². The number of carbonyl (C=O) groups is 2. The zero-order valence-electron chi connectivity index (χ0n) is 17.7. The van der Waals surface area contributed by atoms with E-state index in [0.717, 1.165) is 5.92 Å². The molecule has 2 atom stereocenters. The van der Waals surface area contributed by atoms with Crippen LogP contribution in [-0.2, 0) is 19.1 Å². The Morgan fingerprint density at radius 1 is 1.15 bits per heavy atom. The largest absolute Gasteiger partial charge is 0.460 e. The number of amides is 1. The Kier molecular flexibility index (Phi) is 17.0. The highest BCUT2D eigenvalue weighted by molar-refractivity contribution is 7.80. The Morgan fingerprint density at radius 2 is 1.70 bits per heavy atom. The summed E-state index contributed by atoms with van der Waals surface area (Å²) in [4.78, 5) is 22.8. The molecule has 0 saturated heterocycles. The molecule has 162 valence electrons. The molecule has 0 bridgehead atoms. The molecule has 8 heteroatoms. The van der Waals surface area contributed by atoms with E-state index in [-0.39, 0.29) is 37.4 Å². The van der Waals surface area contributed by atoms with Gasteiger partial charge in [-0.15, -0.1) is 0 Å². The molecule has 27 heavy (non-hydrogen) atoms. The van der Waals surface area contributed by atoms with Gasteiger partial charge in [0, 0.05) is 25.1 Å². The van der Waals surface area contributed by atoms with Crippen molar-refractivity contribution in [3.05, 3.63) is 0 Å². The van der Waals surface area contributed by atoms with E-state index >= 15 is 0 Å². The number of ether oxygens (including phenoxy) is 2. The molecule has 0 spiro atoms. The molecule has 0 aromatic heterocycles. The van der Waals surface area contributed by atoms with Crippen LogP contribution >= 0.6 is 12.6 Å². The van der Waals surface area contributed by atoms with Crippen molar-refractivity contribution in [3.8, 4) is 0 Å². The predicted molar refractivity (Wildman–Crippen MR) is 110 cm³/mol. The van der Waals surface area contributed by atoms with E-state index in [4.69, 9.17) is 9.47 Å². The van der Waals surface area contributed by atoms with Crippen LogP contribution in [0.3, 0.4) is 0 Å². The van der Waals surface area contributed by atoms with Gasteiger partial charge in [-0.2, -0.15) is 12.6 Å². The van der Waals surface area contributed by atoms with Crippen LogP contribution in [0, 0.1) is 11.3 Å². The summed E-state index contributed by atoms with van der Waals surface area (Å²) in [5, 5.41) is 21.6. The molecule has 2 unspecified atom stereocenters. The first-order chi connectivity index (χ1) is 12.4. The Balaban J connectivity index is 0. The summed E-state index contributed by atoms with van der Waals surface area (Å²) < 4.78 is 10.1. The van der Waals surface area contributed by atoms with E-state index in [1.807, 2.05) is 20.8 Å². The minimum absolute atomic E-state index is 0.0870. The van der Waals surface area contributed by atoms with Gasteiger partial charge in [-0.3, -0.25) is 9.59 Å². The highest BCUT2D eigenvalue weighted by Crippen LogP contribution is 2.22. The van der Waals surface area contributed by atoms with Crippen molar-refractivity contribution in [1.29, 1.82) is 0 Å². The fraction of sp³-hybridized carbons (Fsp3) is 0.895. The van der Waals surface area contributed by atoms with Crippen LogP contribution in [0.1, 0.15) is 60.8 Å². The second-order valence-corrected chi connectivity index (χ2v) is 8.42. The third-order valence-corrected chi connectivity index (χ3v) is 3.28. The number of aliphatic hydroxyl groups is 2. The van der Waals surface area contributed by atoms with Gasteiger partial charge in [0.05, 0.1) is 12.7 Å². The lowest BCUT2D eigenvalue weighted by molar-refractivity contribution is -0.199. The molecular weight excluding hydrogens is 370 g/mol. The van der Waals surface area contributed by atoms with Gasteiger partial charge in [0.2, 0.25) is 5.91 Å². The molecule has 3 N–H and O–H groups in total. The van der Waals surface area contributed by atoms with Gasteiger partial charge in [-0.1, -0.05) is 41.5 Å². The van der Waals surface area contributed by atoms with E-state index in [2.05, 4.69) is 38.7 Å². The third kappa shape index (κ3) is 19.7. The van der Waals surface area contributed by atoms with Crippen molar-refractivity contribution in [2.45, 2.75) is 73.2 Å². The van der Waals surface area contributed by atoms with Crippen LogP contribution in [0.5, 0.6) is 0 Å². The number of hydrogen-bond donors (Lipinski definition) is 4. The number of nitrogens with one attached hydrogen (secondary N) is 1. The number of carbonyl (C=O) groups excluding carboxylic acids is 2. The number of esters is 1. The number of thiol groups is 1. The van der Waals surface area contributed by atoms with Crippen LogP contribution in [0.4, 0.5) is 0 Å². The maximum absolute atomic E-state index is 11.5. The Hall–Kier alpha value is -0.830.